The SMILES string of the molecule is CCN(CC(C)C(=O)O)C(=O)NC(C)CCSC. The van der Waals surface area contributed by atoms with Crippen LogP contribution in [0.4, 0.5) is 4.79 Å². The number of nitrogens with one attached hydrogen (secondary N) is 1. The van der Waals surface area contributed by atoms with E-state index in [9.17, 15) is 9.59 Å². The Morgan fingerprint density at radius 3 is 2.44 bits per heavy atom. The lowest BCUT2D eigenvalue weighted by Crippen LogP contribution is -2.46. The van der Waals surface area contributed by atoms with Crippen LogP contribution in [0.15, 0.2) is 0 Å². The van der Waals surface area contributed by atoms with Gasteiger partial charge in [0, 0.05) is 19.1 Å². The molecule has 2 N–H and O–H groups in total. The molecule has 0 aromatic carbocycles. The quantitative estimate of drug-likeness (QED) is 0.710. The lowest BCUT2D eigenvalue weighted by Gasteiger charge is -2.25. The molecule has 106 valence electrons. The Morgan fingerprint density at radius 2 is 2.00 bits per heavy atom. The zero-order valence-electron chi connectivity index (χ0n) is 11.6. The first-order chi connectivity index (χ1) is 8.42. The van der Waals surface area contributed by atoms with E-state index in [1.54, 1.807) is 18.7 Å². The van der Waals surface area contributed by atoms with Crippen molar-refractivity contribution in [3.05, 3.63) is 0 Å². The molecule has 0 spiro atoms. The predicted octanol–water partition coefficient (Wildman–Crippen LogP) is 1.88. The lowest BCUT2D eigenvalue weighted by molar-refractivity contribution is -0.141. The number of hydrogen-bond donors (Lipinski definition) is 2. The minimum absolute atomic E-state index is 0.110. The molecule has 2 unspecified atom stereocenters. The summed E-state index contributed by atoms with van der Waals surface area (Å²) in [5.41, 5.74) is 0. The molecule has 0 aromatic heterocycles. The van der Waals surface area contributed by atoms with Crippen molar-refractivity contribution in [2.45, 2.75) is 33.2 Å². The summed E-state index contributed by atoms with van der Waals surface area (Å²) in [5.74, 6) is -0.423. The van der Waals surface area contributed by atoms with Gasteiger partial charge >= 0.3 is 12.0 Å². The fraction of sp³-hybridized carbons (Fsp3) is 0.833. The highest BCUT2D eigenvalue weighted by Gasteiger charge is 2.20. The summed E-state index contributed by atoms with van der Waals surface area (Å²) in [5, 5.41) is 11.7. The van der Waals surface area contributed by atoms with E-state index in [2.05, 4.69) is 5.32 Å². The van der Waals surface area contributed by atoms with Crippen LogP contribution in [0.5, 0.6) is 0 Å². The van der Waals surface area contributed by atoms with Crippen LogP contribution in [0.25, 0.3) is 0 Å². The van der Waals surface area contributed by atoms with Crippen LogP contribution in [0.1, 0.15) is 27.2 Å². The van der Waals surface area contributed by atoms with Gasteiger partial charge in [0.25, 0.3) is 0 Å². The van der Waals surface area contributed by atoms with Crippen LogP contribution in [0.3, 0.4) is 0 Å². The molecule has 0 aromatic rings. The van der Waals surface area contributed by atoms with Gasteiger partial charge < -0.3 is 15.3 Å². The third kappa shape index (κ3) is 6.74. The zero-order valence-corrected chi connectivity index (χ0v) is 12.4. The number of thioether (sulfide) groups is 1. The van der Waals surface area contributed by atoms with Gasteiger partial charge in [0.2, 0.25) is 0 Å². The fourth-order valence-corrected chi connectivity index (χ4v) is 2.02. The number of carboxylic acids is 1. The van der Waals surface area contributed by atoms with Gasteiger partial charge in [-0.2, -0.15) is 11.8 Å². The molecule has 0 radical (unpaired) electrons. The topological polar surface area (TPSA) is 69.6 Å². The van der Waals surface area contributed by atoms with Crippen molar-refractivity contribution in [3.63, 3.8) is 0 Å². The van der Waals surface area contributed by atoms with Crippen molar-refractivity contribution in [1.29, 1.82) is 0 Å². The van der Waals surface area contributed by atoms with Gasteiger partial charge in [0.1, 0.15) is 0 Å². The van der Waals surface area contributed by atoms with Crippen molar-refractivity contribution >= 4 is 23.8 Å². The molecule has 0 rings (SSSR count). The largest absolute Gasteiger partial charge is 0.481 e. The van der Waals surface area contributed by atoms with Crippen molar-refractivity contribution in [2.24, 2.45) is 5.92 Å². The molecular formula is C12H24N2O3S. The molecule has 0 fully saturated rings. The number of carboxylic acid groups (broad SMARTS) is 1. The Morgan fingerprint density at radius 1 is 1.39 bits per heavy atom. The van der Waals surface area contributed by atoms with E-state index in [1.807, 2.05) is 20.1 Å². The first-order valence-electron chi connectivity index (χ1n) is 6.19. The van der Waals surface area contributed by atoms with Gasteiger partial charge in [0.05, 0.1) is 5.92 Å². The monoisotopic (exact) mass is 276 g/mol. The van der Waals surface area contributed by atoms with E-state index in [1.165, 1.54) is 4.90 Å². The molecule has 2 atom stereocenters. The van der Waals surface area contributed by atoms with Crippen molar-refractivity contribution in [3.8, 4) is 0 Å². The molecule has 0 bridgehead atoms. The van der Waals surface area contributed by atoms with Crippen LogP contribution < -0.4 is 5.32 Å². The average Bonchev–Trinajstić information content (AvgIpc) is 2.32. The number of carbonyl (C=O) groups excluding carboxylic acids is 1. The summed E-state index contributed by atoms with van der Waals surface area (Å²) in [6.45, 7) is 6.17. The second-order valence-electron chi connectivity index (χ2n) is 4.41. The molecular weight excluding hydrogens is 252 g/mol. The summed E-state index contributed by atoms with van der Waals surface area (Å²) < 4.78 is 0. The highest BCUT2D eigenvalue weighted by Crippen LogP contribution is 2.03. The minimum atomic E-state index is -0.878. The van der Waals surface area contributed by atoms with Gasteiger partial charge in [-0.05, 0) is 32.3 Å². The molecule has 0 saturated carbocycles. The van der Waals surface area contributed by atoms with Gasteiger partial charge in [-0.15, -0.1) is 0 Å². The molecule has 0 aliphatic carbocycles. The number of amides is 2. The van der Waals surface area contributed by atoms with Crippen molar-refractivity contribution in [1.82, 2.24) is 10.2 Å². The van der Waals surface area contributed by atoms with Gasteiger partial charge in [0.15, 0.2) is 0 Å². The number of rotatable bonds is 8. The molecule has 0 saturated heterocycles. The van der Waals surface area contributed by atoms with E-state index in [0.29, 0.717) is 6.54 Å². The number of hydrogen-bond acceptors (Lipinski definition) is 3. The molecule has 18 heavy (non-hydrogen) atoms. The molecule has 0 heterocycles. The summed E-state index contributed by atoms with van der Waals surface area (Å²) in [6, 6.07) is -0.0710. The smallest absolute Gasteiger partial charge is 0.317 e. The van der Waals surface area contributed by atoms with Crippen molar-refractivity contribution in [2.75, 3.05) is 25.1 Å². The molecule has 0 aliphatic heterocycles. The Kier molecular flexibility index (Phi) is 8.62. The van der Waals surface area contributed by atoms with Crippen LogP contribution in [-0.2, 0) is 4.79 Å². The Bertz CT molecular complexity index is 274. The number of carbonyl (C=O) groups is 2. The van der Waals surface area contributed by atoms with Gasteiger partial charge in [-0.25, -0.2) is 4.79 Å². The van der Waals surface area contributed by atoms with Crippen LogP contribution in [-0.4, -0.2) is 53.1 Å². The van der Waals surface area contributed by atoms with E-state index in [4.69, 9.17) is 5.11 Å². The summed E-state index contributed by atoms with van der Waals surface area (Å²) >= 11 is 1.74. The van der Waals surface area contributed by atoms with Crippen LogP contribution in [0, 0.1) is 5.92 Å². The lowest BCUT2D eigenvalue weighted by atomic mass is 10.2. The first kappa shape index (κ1) is 17.1. The molecule has 5 nitrogen and oxygen atoms in total. The maximum absolute atomic E-state index is 11.9. The van der Waals surface area contributed by atoms with Crippen molar-refractivity contribution < 1.29 is 14.7 Å². The summed E-state index contributed by atoms with van der Waals surface area (Å²) in [6.07, 6.45) is 2.94. The van der Waals surface area contributed by atoms with E-state index >= 15 is 0 Å². The highest BCUT2D eigenvalue weighted by molar-refractivity contribution is 7.98. The van der Waals surface area contributed by atoms with Gasteiger partial charge in [-0.3, -0.25) is 4.79 Å². The third-order valence-corrected chi connectivity index (χ3v) is 3.35. The fourth-order valence-electron chi connectivity index (χ4n) is 1.43. The Balaban J connectivity index is 4.22. The maximum atomic E-state index is 11.9. The maximum Gasteiger partial charge on any atom is 0.317 e. The average molecular weight is 276 g/mol. The van der Waals surface area contributed by atoms with E-state index in [-0.39, 0.29) is 18.6 Å². The first-order valence-corrected chi connectivity index (χ1v) is 7.58. The van der Waals surface area contributed by atoms with Crippen LogP contribution >= 0.6 is 11.8 Å². The number of nitrogens with zero attached hydrogens (tertiary/aromatic N) is 1. The van der Waals surface area contributed by atoms with Gasteiger partial charge in [-0.1, -0.05) is 6.92 Å². The van der Waals surface area contributed by atoms with E-state index < -0.39 is 11.9 Å². The standard InChI is InChI=1S/C12H24N2O3S/c1-5-14(8-9(2)11(15)16)12(17)13-10(3)6-7-18-4/h9-10H,5-8H2,1-4H3,(H,13,17)(H,15,16). The molecule has 2 amide bonds. The number of aliphatic carboxylic acids is 1. The highest BCUT2D eigenvalue weighted by atomic mass is 32.2. The molecule has 0 aliphatic rings. The minimum Gasteiger partial charge on any atom is -0.481 e. The number of urea groups is 1. The van der Waals surface area contributed by atoms with E-state index in [0.717, 1.165) is 12.2 Å². The Labute approximate surface area is 113 Å². The summed E-state index contributed by atoms with van der Waals surface area (Å²) in [4.78, 5) is 24.2. The van der Waals surface area contributed by atoms with Crippen LogP contribution in [0.2, 0.25) is 0 Å². The normalized spacial score (nSPS) is 13.8. The molecule has 6 heteroatoms. The third-order valence-electron chi connectivity index (χ3n) is 2.71. The summed E-state index contributed by atoms with van der Waals surface area (Å²) in [7, 11) is 0. The second kappa shape index (κ2) is 9.08. The Hall–Kier alpha value is -0.910. The predicted molar refractivity (Wildman–Crippen MR) is 75.0 cm³/mol. The zero-order chi connectivity index (χ0) is 14.1. The second-order valence-corrected chi connectivity index (χ2v) is 5.40.